The number of carbonyl (C=O) groups excluding carboxylic acids is 3. The van der Waals surface area contributed by atoms with E-state index in [4.69, 9.17) is 4.74 Å². The van der Waals surface area contributed by atoms with Crippen LogP contribution < -0.4 is 10.1 Å². The lowest BCUT2D eigenvalue weighted by Crippen LogP contribution is -2.41. The number of hydrogen-bond donors (Lipinski definition) is 4. The largest absolute Gasteiger partial charge is 0.507 e. The molecule has 4 N–H and O–H groups in total. The summed E-state index contributed by atoms with van der Waals surface area (Å²) in [6.45, 7) is 9.85. The topological polar surface area (TPSA) is 154 Å². The number of rotatable bonds is 7. The smallest absolute Gasteiger partial charge is 0.194 e. The summed E-state index contributed by atoms with van der Waals surface area (Å²) in [7, 11) is 0. The number of allylic oxidation sites excluding steroid dienone is 4. The van der Waals surface area contributed by atoms with Crippen molar-refractivity contribution in [1.82, 2.24) is 20.5 Å². The molecule has 41 heavy (non-hydrogen) atoms. The number of phenols is 2. The van der Waals surface area contributed by atoms with Crippen LogP contribution in [0.25, 0.3) is 0 Å². The van der Waals surface area contributed by atoms with Gasteiger partial charge < -0.3 is 20.3 Å². The predicted octanol–water partition coefficient (Wildman–Crippen LogP) is 4.38. The van der Waals surface area contributed by atoms with Gasteiger partial charge in [-0.3, -0.25) is 19.5 Å². The van der Waals surface area contributed by atoms with E-state index in [1.54, 1.807) is 13.8 Å². The second kappa shape index (κ2) is 10.0. The SMILES string of the molecule is CC(=O)c1c(O)c(C)c(O)c2c1OC1=CC(=O)/C(=C(/C)N[C@@H](Cc3ccccc3)c3nc(C(C)C)n[nH]3)C(=O)[C@]12C. The van der Waals surface area contributed by atoms with Gasteiger partial charge in [0.05, 0.1) is 17.2 Å². The Labute approximate surface area is 237 Å². The van der Waals surface area contributed by atoms with Crippen molar-refractivity contribution in [1.29, 1.82) is 0 Å². The highest BCUT2D eigenvalue weighted by Gasteiger charge is 2.56. The molecule has 0 radical (unpaired) electrons. The van der Waals surface area contributed by atoms with Gasteiger partial charge in [-0.15, -0.1) is 0 Å². The van der Waals surface area contributed by atoms with Crippen LogP contribution in [0.1, 0.15) is 85.3 Å². The average Bonchev–Trinajstić information content (AvgIpc) is 3.52. The maximum atomic E-state index is 14.2. The molecule has 0 amide bonds. The summed E-state index contributed by atoms with van der Waals surface area (Å²) >= 11 is 0. The van der Waals surface area contributed by atoms with Crippen LogP contribution in [0.4, 0.5) is 0 Å². The number of ketones is 3. The molecule has 0 spiro atoms. The Bertz CT molecular complexity index is 1670. The lowest BCUT2D eigenvalue weighted by Gasteiger charge is -2.29. The van der Waals surface area contributed by atoms with Gasteiger partial charge in [0.15, 0.2) is 23.2 Å². The molecule has 1 aliphatic heterocycles. The normalized spacial score (nSPS) is 19.8. The molecule has 0 fully saturated rings. The minimum Gasteiger partial charge on any atom is -0.507 e. The molecular weight excluding hydrogens is 524 g/mol. The quantitative estimate of drug-likeness (QED) is 0.188. The zero-order valence-electron chi connectivity index (χ0n) is 23.7. The summed E-state index contributed by atoms with van der Waals surface area (Å²) in [4.78, 5) is 44.7. The summed E-state index contributed by atoms with van der Waals surface area (Å²) in [5.74, 6) is -1.32. The first-order chi connectivity index (χ1) is 19.4. The number of phenolic OH excluding ortho intramolecular Hbond substituents is 2. The Balaban J connectivity index is 1.60. The summed E-state index contributed by atoms with van der Waals surface area (Å²) in [5, 5.41) is 32.3. The monoisotopic (exact) mass is 556 g/mol. The van der Waals surface area contributed by atoms with Crippen LogP contribution in [0.2, 0.25) is 0 Å². The van der Waals surface area contributed by atoms with Crippen LogP contribution in [0.3, 0.4) is 0 Å². The van der Waals surface area contributed by atoms with Gasteiger partial charge in [-0.05, 0) is 39.7 Å². The van der Waals surface area contributed by atoms with Gasteiger partial charge in [0.2, 0.25) is 0 Å². The van der Waals surface area contributed by atoms with Crippen molar-refractivity contribution in [2.24, 2.45) is 0 Å². The maximum absolute atomic E-state index is 14.2. The Hall–Kier alpha value is -4.73. The molecule has 2 atom stereocenters. The fourth-order valence-corrected chi connectivity index (χ4v) is 5.46. The third kappa shape index (κ3) is 4.39. The van der Waals surface area contributed by atoms with Crippen molar-refractivity contribution in [3.63, 3.8) is 0 Å². The third-order valence-corrected chi connectivity index (χ3v) is 7.80. The molecule has 10 nitrogen and oxygen atoms in total. The van der Waals surface area contributed by atoms with Gasteiger partial charge in [-0.2, -0.15) is 5.10 Å². The number of nitrogens with one attached hydrogen (secondary N) is 2. The van der Waals surface area contributed by atoms with E-state index in [-0.39, 0.29) is 45.4 Å². The molecule has 0 saturated heterocycles. The van der Waals surface area contributed by atoms with Crippen molar-refractivity contribution in [2.45, 2.75) is 65.3 Å². The Morgan fingerprint density at radius 2 is 1.80 bits per heavy atom. The molecule has 0 bridgehead atoms. The molecule has 1 aliphatic carbocycles. The van der Waals surface area contributed by atoms with Crippen molar-refractivity contribution in [2.75, 3.05) is 0 Å². The first-order valence-corrected chi connectivity index (χ1v) is 13.4. The number of H-pyrrole nitrogens is 1. The maximum Gasteiger partial charge on any atom is 0.194 e. The average molecular weight is 557 g/mol. The number of nitrogens with zero attached hydrogens (tertiary/aromatic N) is 2. The molecule has 1 aromatic heterocycles. The van der Waals surface area contributed by atoms with Crippen molar-refractivity contribution < 1.29 is 29.3 Å². The predicted molar refractivity (Wildman–Crippen MR) is 150 cm³/mol. The summed E-state index contributed by atoms with van der Waals surface area (Å²) in [6, 6.07) is 9.28. The van der Waals surface area contributed by atoms with Gasteiger partial charge in [-0.25, -0.2) is 4.98 Å². The molecule has 3 aromatic rings. The van der Waals surface area contributed by atoms with E-state index in [1.165, 1.54) is 19.9 Å². The molecule has 0 unspecified atom stereocenters. The van der Waals surface area contributed by atoms with Gasteiger partial charge >= 0.3 is 0 Å². The molecule has 0 saturated carbocycles. The highest BCUT2D eigenvalue weighted by Crippen LogP contribution is 2.57. The number of carbonyl (C=O) groups is 3. The molecular formula is C31H32N4O6. The number of aromatic amines is 1. The van der Waals surface area contributed by atoms with Crippen LogP contribution >= 0.6 is 0 Å². The van der Waals surface area contributed by atoms with Gasteiger partial charge in [0, 0.05) is 23.3 Å². The van der Waals surface area contributed by atoms with Crippen molar-refractivity contribution in [3.8, 4) is 17.2 Å². The Morgan fingerprint density at radius 3 is 2.41 bits per heavy atom. The number of aromatic hydroxyl groups is 2. The van der Waals surface area contributed by atoms with E-state index < -0.39 is 34.6 Å². The lowest BCUT2D eigenvalue weighted by atomic mass is 9.70. The second-order valence-electron chi connectivity index (χ2n) is 11.0. The van der Waals surface area contributed by atoms with Crippen molar-refractivity contribution >= 4 is 17.3 Å². The standard InChI is InChI=1S/C31H32N4O6/c1-14(2)29-33-30(35-34-29)19(12-18-10-8-7-9-11-18)32-16(4)22-20(37)13-21-31(6,28(22)40)24-26(39)15(3)25(38)23(17(5)36)27(24)41-21/h7-11,13-14,19,32,38-39H,12H2,1-6H3,(H,33,34,35)/b22-16+/t19-,31+/m0/s1. The van der Waals surface area contributed by atoms with E-state index in [0.29, 0.717) is 23.8 Å². The fraction of sp³-hybridized carbons (Fsp3) is 0.323. The lowest BCUT2D eigenvalue weighted by molar-refractivity contribution is -0.123. The third-order valence-electron chi connectivity index (χ3n) is 7.80. The molecule has 2 aliphatic rings. The number of aromatic nitrogens is 3. The van der Waals surface area contributed by atoms with Crippen molar-refractivity contribution in [3.05, 3.63) is 87.3 Å². The van der Waals surface area contributed by atoms with Gasteiger partial charge in [0.1, 0.15) is 39.8 Å². The highest BCUT2D eigenvalue weighted by molar-refractivity contribution is 6.31. The van der Waals surface area contributed by atoms with Crippen LogP contribution in [-0.2, 0) is 21.4 Å². The zero-order chi connectivity index (χ0) is 29.8. The Kier molecular flexibility index (Phi) is 6.81. The molecule has 2 aromatic carbocycles. The van der Waals surface area contributed by atoms with Crippen LogP contribution in [0.5, 0.6) is 17.2 Å². The van der Waals surface area contributed by atoms with E-state index in [9.17, 15) is 24.6 Å². The number of ether oxygens (including phenoxy) is 1. The van der Waals surface area contributed by atoms with Crippen LogP contribution in [-0.4, -0.2) is 42.7 Å². The Morgan fingerprint density at radius 1 is 1.12 bits per heavy atom. The van der Waals surface area contributed by atoms with Gasteiger partial charge in [0.25, 0.3) is 0 Å². The van der Waals surface area contributed by atoms with E-state index in [2.05, 4.69) is 20.5 Å². The molecule has 2 heterocycles. The number of benzene rings is 2. The highest BCUT2D eigenvalue weighted by atomic mass is 16.5. The molecule has 5 rings (SSSR count). The number of hydrogen-bond acceptors (Lipinski definition) is 9. The minimum atomic E-state index is -1.60. The fourth-order valence-electron chi connectivity index (χ4n) is 5.46. The first-order valence-electron chi connectivity index (χ1n) is 13.4. The molecule has 10 heteroatoms. The van der Waals surface area contributed by atoms with E-state index in [0.717, 1.165) is 5.56 Å². The number of fused-ring (bicyclic) bond motifs is 3. The van der Waals surface area contributed by atoms with Crippen LogP contribution in [0.15, 0.2) is 53.4 Å². The summed E-state index contributed by atoms with van der Waals surface area (Å²) in [6.07, 6.45) is 1.70. The van der Waals surface area contributed by atoms with E-state index in [1.807, 2.05) is 44.2 Å². The number of Topliss-reactive ketones (excluding diaryl/α,β-unsaturated/α-hetero) is 2. The zero-order valence-corrected chi connectivity index (χ0v) is 23.7. The molecule has 212 valence electrons. The van der Waals surface area contributed by atoms with Gasteiger partial charge in [-0.1, -0.05) is 44.2 Å². The minimum absolute atomic E-state index is 0.0144. The summed E-state index contributed by atoms with van der Waals surface area (Å²) < 4.78 is 5.86. The van der Waals surface area contributed by atoms with E-state index >= 15 is 0 Å². The first kappa shape index (κ1) is 27.8. The van der Waals surface area contributed by atoms with Crippen LogP contribution in [0, 0.1) is 6.92 Å². The summed E-state index contributed by atoms with van der Waals surface area (Å²) in [5.41, 5.74) is -0.444. The second-order valence-corrected chi connectivity index (χ2v) is 11.0.